The van der Waals surface area contributed by atoms with Gasteiger partial charge < -0.3 is 34.6 Å². The number of likely N-dealkylation sites (N-methyl/N-ethyl adjacent to an activating group) is 1. The second-order valence-corrected chi connectivity index (χ2v) is 10.0. The molecule has 12 nitrogen and oxygen atoms in total. The van der Waals surface area contributed by atoms with Gasteiger partial charge in [0.15, 0.2) is 23.1 Å². The lowest BCUT2D eigenvalue weighted by Crippen LogP contribution is -2.44. The molecule has 16 heteroatoms. The van der Waals surface area contributed by atoms with Crippen molar-refractivity contribution in [3.8, 4) is 11.5 Å². The Morgan fingerprint density at radius 1 is 1.11 bits per heavy atom. The van der Waals surface area contributed by atoms with Gasteiger partial charge in [-0.1, -0.05) is 6.08 Å². The number of ether oxygens (including phenoxy) is 2. The van der Waals surface area contributed by atoms with E-state index >= 15 is 0 Å². The molecule has 0 fully saturated rings. The van der Waals surface area contributed by atoms with E-state index in [1.54, 1.807) is 14.1 Å². The van der Waals surface area contributed by atoms with E-state index in [0.29, 0.717) is 6.07 Å². The predicted molar refractivity (Wildman–Crippen MR) is 157 cm³/mol. The molecule has 3 N–H and O–H groups in total. The van der Waals surface area contributed by atoms with Crippen molar-refractivity contribution in [1.29, 1.82) is 0 Å². The van der Waals surface area contributed by atoms with Crippen molar-refractivity contribution >= 4 is 34.6 Å². The van der Waals surface area contributed by atoms with Crippen LogP contribution < -0.4 is 20.9 Å². The van der Waals surface area contributed by atoms with Crippen LogP contribution in [0.5, 0.6) is 11.5 Å². The van der Waals surface area contributed by atoms with Gasteiger partial charge in [-0.05, 0) is 43.2 Å². The number of carbonyl (C=O) groups is 3. The average molecular weight is 645 g/mol. The number of benzene rings is 2. The van der Waals surface area contributed by atoms with Gasteiger partial charge in [0, 0.05) is 32.4 Å². The molecule has 1 atom stereocenters. The fourth-order valence-corrected chi connectivity index (χ4v) is 4.16. The molecule has 0 aliphatic carbocycles. The molecule has 4 rings (SSSR count). The van der Waals surface area contributed by atoms with E-state index in [1.807, 2.05) is 0 Å². The highest BCUT2D eigenvalue weighted by Crippen LogP contribution is 2.34. The number of allylic oxidation sites excluding steroid dienone is 1. The largest absolute Gasteiger partial charge is 0.453 e. The van der Waals surface area contributed by atoms with Crippen LogP contribution in [-0.4, -0.2) is 64.6 Å². The summed E-state index contributed by atoms with van der Waals surface area (Å²) in [6, 6.07) is 4.73. The van der Waals surface area contributed by atoms with Crippen molar-refractivity contribution in [3.63, 3.8) is 0 Å². The van der Waals surface area contributed by atoms with Gasteiger partial charge in [-0.3, -0.25) is 14.4 Å². The average Bonchev–Trinajstić information content (AvgIpc) is 3.41. The molecule has 0 aliphatic rings. The normalized spacial score (nSPS) is 11.8. The van der Waals surface area contributed by atoms with Crippen LogP contribution in [0.15, 0.2) is 59.5 Å². The van der Waals surface area contributed by atoms with E-state index in [0.717, 1.165) is 29.9 Å². The van der Waals surface area contributed by atoms with Gasteiger partial charge >= 0.3 is 6.09 Å². The third kappa shape index (κ3) is 7.88. The summed E-state index contributed by atoms with van der Waals surface area (Å²) < 4.78 is 67.5. The van der Waals surface area contributed by atoms with Crippen molar-refractivity contribution in [2.24, 2.45) is 0 Å². The Morgan fingerprint density at radius 3 is 2.57 bits per heavy atom. The monoisotopic (exact) mass is 644 g/mol. The van der Waals surface area contributed by atoms with Crippen molar-refractivity contribution in [1.82, 2.24) is 24.8 Å². The predicted octanol–water partition coefficient (Wildman–Crippen LogP) is 4.21. The summed E-state index contributed by atoms with van der Waals surface area (Å²) in [6.45, 7) is -0.265. The Hall–Kier alpha value is -5.67. The molecule has 3 amide bonds. The molecule has 4 aromatic rings. The molecular weight excluding hydrogens is 616 g/mol. The topological polar surface area (TPSA) is 148 Å². The highest BCUT2D eigenvalue weighted by Gasteiger charge is 2.23. The minimum Gasteiger partial charge on any atom is -0.453 e. The number of H-pyrrole nitrogens is 1. The maximum absolute atomic E-state index is 14.7. The van der Waals surface area contributed by atoms with Gasteiger partial charge in [-0.25, -0.2) is 22.9 Å². The van der Waals surface area contributed by atoms with E-state index in [-0.39, 0.29) is 47.8 Å². The summed E-state index contributed by atoms with van der Waals surface area (Å²) in [5.74, 6) is -7.16. The SMILES string of the molecule is COC(=O)NC(CC/C=C/C(=O)N(C)C)C(=O)Nc1cccn(Cc2nc3c(Oc4ccc(F)cc4F)c(F)c(F)cc3[nH]2)c1=O. The summed E-state index contributed by atoms with van der Waals surface area (Å²) in [4.78, 5) is 58.2. The number of methoxy groups -OCH3 is 1. The zero-order chi connectivity index (χ0) is 33.5. The minimum atomic E-state index is -1.47. The van der Waals surface area contributed by atoms with Crippen molar-refractivity contribution in [2.45, 2.75) is 25.4 Å². The van der Waals surface area contributed by atoms with Crippen molar-refractivity contribution in [2.75, 3.05) is 26.5 Å². The molecule has 46 heavy (non-hydrogen) atoms. The van der Waals surface area contributed by atoms with Gasteiger partial charge in [-0.2, -0.15) is 4.39 Å². The van der Waals surface area contributed by atoms with E-state index in [9.17, 15) is 36.7 Å². The van der Waals surface area contributed by atoms with Crippen LogP contribution in [0.4, 0.5) is 28.0 Å². The molecule has 0 spiro atoms. The van der Waals surface area contributed by atoms with Gasteiger partial charge in [-0.15, -0.1) is 0 Å². The van der Waals surface area contributed by atoms with Crippen molar-refractivity contribution in [3.05, 3.63) is 94.2 Å². The minimum absolute atomic E-state index is 0.0398. The zero-order valence-corrected chi connectivity index (χ0v) is 24.7. The van der Waals surface area contributed by atoms with E-state index in [2.05, 4.69) is 25.3 Å². The molecule has 0 aliphatic heterocycles. The summed E-state index contributed by atoms with van der Waals surface area (Å²) in [6.07, 6.45) is 3.64. The number of carbonyl (C=O) groups excluding carboxylic acids is 3. The second-order valence-electron chi connectivity index (χ2n) is 10.0. The number of alkyl carbamates (subject to hydrolysis) is 1. The zero-order valence-electron chi connectivity index (χ0n) is 24.7. The summed E-state index contributed by atoms with van der Waals surface area (Å²) >= 11 is 0. The fourth-order valence-electron chi connectivity index (χ4n) is 4.16. The van der Waals surface area contributed by atoms with Crippen LogP contribution in [0.25, 0.3) is 11.0 Å². The van der Waals surface area contributed by atoms with Crippen LogP contribution >= 0.6 is 0 Å². The molecule has 1 unspecified atom stereocenters. The first-order valence-electron chi connectivity index (χ1n) is 13.6. The number of nitrogens with one attached hydrogen (secondary N) is 3. The summed E-state index contributed by atoms with van der Waals surface area (Å²) in [7, 11) is 4.27. The van der Waals surface area contributed by atoms with Crippen LogP contribution in [0, 0.1) is 23.3 Å². The van der Waals surface area contributed by atoms with Crippen LogP contribution in [0.1, 0.15) is 18.7 Å². The van der Waals surface area contributed by atoms with E-state index in [1.165, 1.54) is 35.4 Å². The van der Waals surface area contributed by atoms with Gasteiger partial charge in [0.2, 0.25) is 17.6 Å². The van der Waals surface area contributed by atoms with Gasteiger partial charge in [0.25, 0.3) is 5.56 Å². The molecule has 0 saturated carbocycles. The lowest BCUT2D eigenvalue weighted by atomic mass is 10.1. The van der Waals surface area contributed by atoms with Crippen LogP contribution in [0.3, 0.4) is 0 Å². The Bertz CT molecular complexity index is 1870. The third-order valence-corrected chi connectivity index (χ3v) is 6.50. The Balaban J connectivity index is 1.55. The molecule has 0 saturated heterocycles. The molecule has 2 heterocycles. The highest BCUT2D eigenvalue weighted by molar-refractivity contribution is 5.96. The Kier molecular flexibility index (Phi) is 10.4. The van der Waals surface area contributed by atoms with Crippen molar-refractivity contribution < 1.29 is 41.4 Å². The van der Waals surface area contributed by atoms with Gasteiger partial charge in [0.1, 0.15) is 28.9 Å². The molecular formula is C30H28F4N6O6. The Morgan fingerprint density at radius 2 is 1.87 bits per heavy atom. The van der Waals surface area contributed by atoms with Crippen LogP contribution in [0.2, 0.25) is 0 Å². The first-order valence-corrected chi connectivity index (χ1v) is 13.6. The number of nitrogens with zero attached hydrogens (tertiary/aromatic N) is 3. The standard InChI is InChI=1S/C30H28F4N6O6/c1-39(2)24(41)9-5-4-7-19(37-30(44)45-3)28(42)36-20-8-6-12-40(29(20)43)15-23-35-21-14-18(33)25(34)27(26(21)38-23)46-22-11-10-16(31)13-17(22)32/h5-6,8-14,19H,4,7,15H2,1-3H3,(H,35,38)(H,36,42)(H,37,44)/b9-5+. The summed E-state index contributed by atoms with van der Waals surface area (Å²) in [5.41, 5.74) is -1.12. The number of rotatable bonds is 11. The number of amides is 3. The second kappa shape index (κ2) is 14.4. The fraction of sp³-hybridized carbons (Fsp3) is 0.233. The van der Waals surface area contributed by atoms with Crippen LogP contribution in [-0.2, 0) is 20.9 Å². The highest BCUT2D eigenvalue weighted by atomic mass is 19.2. The van der Waals surface area contributed by atoms with Gasteiger partial charge in [0.05, 0.1) is 19.2 Å². The molecule has 0 bridgehead atoms. The molecule has 242 valence electrons. The molecule has 0 radical (unpaired) electrons. The lowest BCUT2D eigenvalue weighted by molar-refractivity contribution is -0.123. The summed E-state index contributed by atoms with van der Waals surface area (Å²) in [5, 5.41) is 4.85. The molecule has 2 aromatic heterocycles. The number of hydrogen-bond donors (Lipinski definition) is 3. The van der Waals surface area contributed by atoms with E-state index in [4.69, 9.17) is 4.74 Å². The maximum atomic E-state index is 14.7. The smallest absolute Gasteiger partial charge is 0.407 e. The number of pyridine rings is 1. The van der Waals surface area contributed by atoms with E-state index < -0.39 is 58.4 Å². The number of aromatic nitrogens is 3. The maximum Gasteiger partial charge on any atom is 0.407 e. The number of imidazole rings is 1. The number of hydrogen-bond acceptors (Lipinski definition) is 7. The number of fused-ring (bicyclic) bond motifs is 1. The lowest BCUT2D eigenvalue weighted by Gasteiger charge is -2.17. The Labute approximate surface area is 258 Å². The quantitative estimate of drug-likeness (QED) is 0.164. The number of halogens is 4. The molecule has 2 aromatic carbocycles. The third-order valence-electron chi connectivity index (χ3n) is 6.50. The first kappa shape index (κ1) is 33.2. The first-order chi connectivity index (χ1) is 21.9. The number of anilines is 1. The number of aromatic amines is 1.